The zero-order chi connectivity index (χ0) is 21.4. The minimum Gasteiger partial charge on any atom is -0.481 e. The Morgan fingerprint density at radius 1 is 1.17 bits per heavy atom. The number of carbonyl (C=O) groups is 2. The average molecular weight is 421 g/mol. The maximum absolute atomic E-state index is 13.8. The second-order valence-electron chi connectivity index (χ2n) is 6.86. The van der Waals surface area contributed by atoms with Crippen molar-refractivity contribution in [3.05, 3.63) is 64.9 Å². The Morgan fingerprint density at radius 3 is 2.55 bits per heavy atom. The summed E-state index contributed by atoms with van der Waals surface area (Å²) < 4.78 is 19.1. The summed E-state index contributed by atoms with van der Waals surface area (Å²) in [6.07, 6.45) is 0.775. The SMILES string of the molecule is CC[C@@H](C)NC(=O)[C@@H](C)N(Cc1cccc(Cl)c1)C(=O)COc1ccccc1F. The molecule has 2 atom stereocenters. The summed E-state index contributed by atoms with van der Waals surface area (Å²) in [5.41, 5.74) is 0.778. The molecule has 156 valence electrons. The van der Waals surface area contributed by atoms with E-state index in [1.807, 2.05) is 19.9 Å². The summed E-state index contributed by atoms with van der Waals surface area (Å²) in [5, 5.41) is 3.42. The zero-order valence-electron chi connectivity index (χ0n) is 16.8. The molecule has 0 radical (unpaired) electrons. The smallest absolute Gasteiger partial charge is 0.261 e. The Hall–Kier alpha value is -2.60. The molecule has 0 fully saturated rings. The highest BCUT2D eigenvalue weighted by molar-refractivity contribution is 6.30. The molecular formula is C22H26ClFN2O3. The molecular weight excluding hydrogens is 395 g/mol. The van der Waals surface area contributed by atoms with E-state index in [0.29, 0.717) is 5.02 Å². The van der Waals surface area contributed by atoms with Gasteiger partial charge in [0.1, 0.15) is 6.04 Å². The van der Waals surface area contributed by atoms with Gasteiger partial charge >= 0.3 is 0 Å². The fraction of sp³-hybridized carbons (Fsp3) is 0.364. The molecule has 0 unspecified atom stereocenters. The number of benzene rings is 2. The fourth-order valence-electron chi connectivity index (χ4n) is 2.66. The molecule has 29 heavy (non-hydrogen) atoms. The van der Waals surface area contributed by atoms with Crippen molar-refractivity contribution in [3.63, 3.8) is 0 Å². The fourth-order valence-corrected chi connectivity index (χ4v) is 2.88. The van der Waals surface area contributed by atoms with Gasteiger partial charge in [0.15, 0.2) is 18.2 Å². The van der Waals surface area contributed by atoms with Crippen LogP contribution in [0.1, 0.15) is 32.8 Å². The molecule has 0 aliphatic rings. The van der Waals surface area contributed by atoms with Gasteiger partial charge in [0.2, 0.25) is 5.91 Å². The largest absolute Gasteiger partial charge is 0.481 e. The van der Waals surface area contributed by atoms with Gasteiger partial charge in [0.05, 0.1) is 0 Å². The molecule has 0 saturated heterocycles. The quantitative estimate of drug-likeness (QED) is 0.661. The second-order valence-corrected chi connectivity index (χ2v) is 7.30. The van der Waals surface area contributed by atoms with Crippen LogP contribution in [0.3, 0.4) is 0 Å². The standard InChI is InChI=1S/C22H26ClFN2O3/c1-4-15(2)25-22(28)16(3)26(13-17-8-7-9-18(23)12-17)21(27)14-29-20-11-6-5-10-19(20)24/h5-12,15-16H,4,13-14H2,1-3H3,(H,25,28)/t15-,16-/m1/s1. The Bertz CT molecular complexity index is 846. The third-order valence-electron chi connectivity index (χ3n) is 4.60. The summed E-state index contributed by atoms with van der Waals surface area (Å²) in [6.45, 7) is 5.31. The number of rotatable bonds is 9. The van der Waals surface area contributed by atoms with E-state index in [-0.39, 0.29) is 30.9 Å². The molecule has 2 rings (SSSR count). The number of hydrogen-bond acceptors (Lipinski definition) is 3. The third-order valence-corrected chi connectivity index (χ3v) is 4.83. The molecule has 7 heteroatoms. The number of hydrogen-bond donors (Lipinski definition) is 1. The number of halogens is 2. The summed E-state index contributed by atoms with van der Waals surface area (Å²) >= 11 is 6.05. The van der Waals surface area contributed by atoms with E-state index in [9.17, 15) is 14.0 Å². The Kier molecular flexibility index (Phi) is 8.46. The molecule has 0 aliphatic carbocycles. The van der Waals surface area contributed by atoms with E-state index >= 15 is 0 Å². The minimum absolute atomic E-state index is 0.0114. The minimum atomic E-state index is -0.736. The first-order chi connectivity index (χ1) is 13.8. The number of amides is 2. The lowest BCUT2D eigenvalue weighted by Crippen LogP contribution is -2.50. The number of ether oxygens (including phenoxy) is 1. The van der Waals surface area contributed by atoms with Gasteiger partial charge < -0.3 is 15.0 Å². The summed E-state index contributed by atoms with van der Waals surface area (Å²) in [4.78, 5) is 26.9. The van der Waals surface area contributed by atoms with Gasteiger partial charge in [0, 0.05) is 17.6 Å². The van der Waals surface area contributed by atoms with Crippen molar-refractivity contribution in [1.29, 1.82) is 0 Å². The molecule has 2 amide bonds. The van der Waals surface area contributed by atoms with Gasteiger partial charge in [-0.05, 0) is 50.1 Å². The van der Waals surface area contributed by atoms with Crippen LogP contribution in [0.4, 0.5) is 4.39 Å². The highest BCUT2D eigenvalue weighted by Crippen LogP contribution is 2.17. The van der Waals surface area contributed by atoms with Crippen LogP contribution in [-0.2, 0) is 16.1 Å². The first-order valence-corrected chi connectivity index (χ1v) is 9.91. The summed E-state index contributed by atoms with van der Waals surface area (Å²) in [6, 6.07) is 12.2. The Balaban J connectivity index is 2.17. The van der Waals surface area contributed by atoms with Crippen LogP contribution in [0.5, 0.6) is 5.75 Å². The lowest BCUT2D eigenvalue weighted by Gasteiger charge is -2.29. The lowest BCUT2D eigenvalue weighted by atomic mass is 10.1. The van der Waals surface area contributed by atoms with Crippen LogP contribution in [0, 0.1) is 5.82 Å². The highest BCUT2D eigenvalue weighted by atomic mass is 35.5. The zero-order valence-corrected chi connectivity index (χ0v) is 17.6. The van der Waals surface area contributed by atoms with E-state index in [0.717, 1.165) is 12.0 Å². The maximum Gasteiger partial charge on any atom is 0.261 e. The third kappa shape index (κ3) is 6.75. The van der Waals surface area contributed by atoms with E-state index < -0.39 is 17.8 Å². The van der Waals surface area contributed by atoms with Crippen molar-refractivity contribution < 1.29 is 18.7 Å². The molecule has 0 spiro atoms. The van der Waals surface area contributed by atoms with E-state index in [2.05, 4.69) is 5.32 Å². The molecule has 2 aromatic carbocycles. The van der Waals surface area contributed by atoms with Crippen molar-refractivity contribution in [2.45, 2.75) is 45.8 Å². The number of carbonyl (C=O) groups excluding carboxylic acids is 2. The van der Waals surface area contributed by atoms with Crippen LogP contribution in [-0.4, -0.2) is 35.4 Å². The maximum atomic E-state index is 13.8. The molecule has 5 nitrogen and oxygen atoms in total. The van der Waals surface area contributed by atoms with Crippen molar-refractivity contribution in [1.82, 2.24) is 10.2 Å². The van der Waals surface area contributed by atoms with Crippen LogP contribution in [0.15, 0.2) is 48.5 Å². The van der Waals surface area contributed by atoms with Crippen molar-refractivity contribution in [2.24, 2.45) is 0 Å². The van der Waals surface area contributed by atoms with E-state index in [1.54, 1.807) is 31.2 Å². The molecule has 1 N–H and O–H groups in total. The van der Waals surface area contributed by atoms with Crippen LogP contribution in [0.2, 0.25) is 5.02 Å². The molecule has 0 aliphatic heterocycles. The Labute approximate surface area is 175 Å². The first-order valence-electron chi connectivity index (χ1n) is 9.53. The molecule has 0 heterocycles. The van der Waals surface area contributed by atoms with Crippen molar-refractivity contribution in [3.8, 4) is 5.75 Å². The summed E-state index contributed by atoms with van der Waals surface area (Å²) in [5.74, 6) is -1.26. The highest BCUT2D eigenvalue weighted by Gasteiger charge is 2.27. The van der Waals surface area contributed by atoms with Gasteiger partial charge in [-0.25, -0.2) is 4.39 Å². The number of para-hydroxylation sites is 1. The van der Waals surface area contributed by atoms with Gasteiger partial charge in [0.25, 0.3) is 5.91 Å². The average Bonchev–Trinajstić information content (AvgIpc) is 2.70. The van der Waals surface area contributed by atoms with Crippen LogP contribution in [0.25, 0.3) is 0 Å². The van der Waals surface area contributed by atoms with Crippen molar-refractivity contribution >= 4 is 23.4 Å². The Morgan fingerprint density at radius 2 is 1.90 bits per heavy atom. The lowest BCUT2D eigenvalue weighted by molar-refractivity contribution is -0.142. The predicted octanol–water partition coefficient (Wildman–Crippen LogP) is 4.19. The molecule has 0 saturated carbocycles. The van der Waals surface area contributed by atoms with E-state index in [4.69, 9.17) is 16.3 Å². The summed E-state index contributed by atoms with van der Waals surface area (Å²) in [7, 11) is 0. The van der Waals surface area contributed by atoms with Crippen LogP contribution < -0.4 is 10.1 Å². The van der Waals surface area contributed by atoms with E-state index in [1.165, 1.54) is 23.1 Å². The normalized spacial score (nSPS) is 12.7. The molecule has 2 aromatic rings. The van der Waals surface area contributed by atoms with Gasteiger partial charge in [-0.1, -0.05) is 42.8 Å². The van der Waals surface area contributed by atoms with Crippen LogP contribution >= 0.6 is 11.6 Å². The number of nitrogens with zero attached hydrogens (tertiary/aromatic N) is 1. The van der Waals surface area contributed by atoms with Gasteiger partial charge in [-0.15, -0.1) is 0 Å². The monoisotopic (exact) mass is 420 g/mol. The first kappa shape index (κ1) is 22.7. The van der Waals surface area contributed by atoms with Gasteiger partial charge in [-0.2, -0.15) is 0 Å². The molecule has 0 aromatic heterocycles. The van der Waals surface area contributed by atoms with Crippen molar-refractivity contribution in [2.75, 3.05) is 6.61 Å². The topological polar surface area (TPSA) is 58.6 Å². The molecule has 0 bridgehead atoms. The van der Waals surface area contributed by atoms with Gasteiger partial charge in [-0.3, -0.25) is 9.59 Å². The second kappa shape index (κ2) is 10.8. The predicted molar refractivity (Wildman–Crippen MR) is 111 cm³/mol. The number of nitrogens with one attached hydrogen (secondary N) is 1.